The van der Waals surface area contributed by atoms with Gasteiger partial charge in [-0.05, 0) is 74.2 Å². The van der Waals surface area contributed by atoms with Gasteiger partial charge in [0.15, 0.2) is 4.80 Å². The molecule has 4 heterocycles. The summed E-state index contributed by atoms with van der Waals surface area (Å²) in [4.78, 5) is 33.8. The summed E-state index contributed by atoms with van der Waals surface area (Å²) in [5, 5.41) is 1.93. The first-order chi connectivity index (χ1) is 19.9. The monoisotopic (exact) mass is 583 g/mol. The number of hydrogen-bond donors (Lipinski definition) is 0. The topological polar surface area (TPSA) is 65.6 Å². The molecule has 6 nitrogen and oxygen atoms in total. The van der Waals surface area contributed by atoms with Gasteiger partial charge in [0.05, 0.1) is 22.4 Å². The number of fused-ring (bicyclic) bond motifs is 1. The predicted octanol–water partition coefficient (Wildman–Crippen LogP) is 5.54. The molecular weight excluding hydrogens is 558 g/mol. The summed E-state index contributed by atoms with van der Waals surface area (Å²) in [5.41, 5.74) is 4.99. The van der Waals surface area contributed by atoms with E-state index in [9.17, 15) is 14.0 Å². The van der Waals surface area contributed by atoms with Gasteiger partial charge in [-0.1, -0.05) is 47.7 Å². The number of aromatic nitrogens is 2. The Balaban J connectivity index is 1.58. The Morgan fingerprint density at radius 3 is 2.51 bits per heavy atom. The highest BCUT2D eigenvalue weighted by Crippen LogP contribution is 2.36. The van der Waals surface area contributed by atoms with Gasteiger partial charge in [-0.25, -0.2) is 14.2 Å². The van der Waals surface area contributed by atoms with Crippen molar-refractivity contribution in [3.05, 3.63) is 137 Å². The first-order valence-electron chi connectivity index (χ1n) is 13.1. The normalized spacial score (nSPS) is 15.1. The van der Waals surface area contributed by atoms with E-state index in [4.69, 9.17) is 9.73 Å². The molecule has 1 aliphatic heterocycles. The second-order valence-electron chi connectivity index (χ2n) is 9.59. The van der Waals surface area contributed by atoms with Crippen molar-refractivity contribution in [3.8, 4) is 5.69 Å². The number of thiazole rings is 1. The Morgan fingerprint density at radius 2 is 1.83 bits per heavy atom. The molecule has 0 N–H and O–H groups in total. The third-order valence-electron chi connectivity index (χ3n) is 7.03. The quantitative estimate of drug-likeness (QED) is 0.247. The summed E-state index contributed by atoms with van der Waals surface area (Å²) in [7, 11) is 0. The van der Waals surface area contributed by atoms with Crippen molar-refractivity contribution >= 4 is 40.4 Å². The molecule has 9 heteroatoms. The van der Waals surface area contributed by atoms with Gasteiger partial charge < -0.3 is 9.30 Å². The summed E-state index contributed by atoms with van der Waals surface area (Å²) in [6.45, 7) is 5.91. The Bertz CT molecular complexity index is 1970. The number of halogens is 1. The summed E-state index contributed by atoms with van der Waals surface area (Å²) in [6, 6.07) is 21.0. The van der Waals surface area contributed by atoms with Crippen LogP contribution in [0.3, 0.4) is 0 Å². The van der Waals surface area contributed by atoms with Crippen molar-refractivity contribution in [1.82, 2.24) is 9.13 Å². The number of aryl methyl sites for hydroxylation is 1. The first-order valence-corrected chi connectivity index (χ1v) is 14.8. The van der Waals surface area contributed by atoms with Gasteiger partial charge in [-0.3, -0.25) is 9.36 Å². The van der Waals surface area contributed by atoms with Gasteiger partial charge in [-0.2, -0.15) is 0 Å². The third kappa shape index (κ3) is 4.81. The summed E-state index contributed by atoms with van der Waals surface area (Å²) < 4.78 is 23.2. The van der Waals surface area contributed by atoms with E-state index in [1.165, 1.54) is 34.8 Å². The van der Waals surface area contributed by atoms with E-state index < -0.39 is 12.0 Å². The molecule has 206 valence electrons. The molecule has 6 rings (SSSR count). The van der Waals surface area contributed by atoms with Crippen LogP contribution in [0.1, 0.15) is 40.4 Å². The average Bonchev–Trinajstić information content (AvgIpc) is 3.68. The zero-order valence-electron chi connectivity index (χ0n) is 22.6. The number of carbonyl (C=O) groups is 1. The molecule has 0 radical (unpaired) electrons. The van der Waals surface area contributed by atoms with Gasteiger partial charge in [0.1, 0.15) is 11.9 Å². The van der Waals surface area contributed by atoms with Crippen LogP contribution in [0.25, 0.3) is 17.5 Å². The molecule has 0 aliphatic carbocycles. The number of benzene rings is 2. The number of thiophene rings is 1. The van der Waals surface area contributed by atoms with E-state index in [0.717, 1.165) is 33.1 Å². The fourth-order valence-electron chi connectivity index (χ4n) is 5.22. The molecule has 1 atom stereocenters. The summed E-state index contributed by atoms with van der Waals surface area (Å²) >= 11 is 2.77. The Morgan fingerprint density at radius 1 is 1.07 bits per heavy atom. The third-order valence-corrected chi connectivity index (χ3v) is 8.94. The van der Waals surface area contributed by atoms with Crippen LogP contribution in [0.5, 0.6) is 0 Å². The van der Waals surface area contributed by atoms with Crippen molar-refractivity contribution in [1.29, 1.82) is 0 Å². The van der Waals surface area contributed by atoms with Crippen molar-refractivity contribution < 1.29 is 13.9 Å². The van der Waals surface area contributed by atoms with Crippen molar-refractivity contribution in [2.24, 2.45) is 4.99 Å². The molecule has 0 bridgehead atoms. The van der Waals surface area contributed by atoms with Crippen LogP contribution in [0.15, 0.2) is 93.5 Å². The number of rotatable bonds is 6. The Hall–Kier alpha value is -4.34. The maximum absolute atomic E-state index is 14.1. The second-order valence-corrected chi connectivity index (χ2v) is 11.6. The highest BCUT2D eigenvalue weighted by atomic mass is 32.1. The van der Waals surface area contributed by atoms with Crippen LogP contribution in [-0.2, 0) is 9.53 Å². The molecule has 0 amide bonds. The van der Waals surface area contributed by atoms with E-state index in [1.54, 1.807) is 23.6 Å². The van der Waals surface area contributed by atoms with Crippen LogP contribution in [0, 0.1) is 19.7 Å². The van der Waals surface area contributed by atoms with E-state index in [-0.39, 0.29) is 18.0 Å². The standard InChI is InChI=1S/C32H26FN3O3S2/c1-4-39-31(38)27-28(21-9-6-5-7-10-21)34-32-36(29(27)25-11-8-16-40-25)30(37)26(41-32)18-22-17-19(2)35(20(22)3)24-14-12-23(33)13-15-24/h5-18,29H,4H2,1-3H3/b26-18-. The summed E-state index contributed by atoms with van der Waals surface area (Å²) in [5.74, 6) is -0.791. The first kappa shape index (κ1) is 26.9. The molecule has 0 saturated heterocycles. The SMILES string of the molecule is CCOC(=O)C1=C(c2ccccc2)N=c2s/c(=C\c3cc(C)n(-c4ccc(F)cc4)c3C)c(=O)n2C1c1cccs1. The number of hydrogen-bond acceptors (Lipinski definition) is 6. The van der Waals surface area contributed by atoms with Gasteiger partial charge in [-0.15, -0.1) is 11.3 Å². The number of esters is 1. The molecule has 1 unspecified atom stereocenters. The fraction of sp³-hybridized carbons (Fsp3) is 0.156. The molecule has 0 fully saturated rings. The second kappa shape index (κ2) is 10.9. The minimum Gasteiger partial charge on any atom is -0.463 e. The number of carbonyl (C=O) groups excluding carboxylic acids is 1. The zero-order valence-corrected chi connectivity index (χ0v) is 24.3. The largest absolute Gasteiger partial charge is 0.463 e. The molecule has 3 aromatic heterocycles. The van der Waals surface area contributed by atoms with Crippen LogP contribution in [0.2, 0.25) is 0 Å². The van der Waals surface area contributed by atoms with E-state index in [1.807, 2.05) is 78.4 Å². The lowest BCUT2D eigenvalue weighted by Crippen LogP contribution is -2.39. The average molecular weight is 584 g/mol. The molecule has 5 aromatic rings. The fourth-order valence-corrected chi connectivity index (χ4v) is 7.03. The highest BCUT2D eigenvalue weighted by Gasteiger charge is 2.35. The van der Waals surface area contributed by atoms with Gasteiger partial charge in [0.2, 0.25) is 0 Å². The maximum Gasteiger partial charge on any atom is 0.338 e. The van der Waals surface area contributed by atoms with Crippen molar-refractivity contribution in [3.63, 3.8) is 0 Å². The molecule has 41 heavy (non-hydrogen) atoms. The molecule has 0 spiro atoms. The molecular formula is C32H26FN3O3S2. The number of nitrogens with zero attached hydrogens (tertiary/aromatic N) is 3. The lowest BCUT2D eigenvalue weighted by Gasteiger charge is -2.24. The van der Waals surface area contributed by atoms with Crippen LogP contribution < -0.4 is 14.9 Å². The molecule has 0 saturated carbocycles. The van der Waals surface area contributed by atoms with Crippen LogP contribution in [0.4, 0.5) is 4.39 Å². The Labute approximate surface area is 243 Å². The van der Waals surface area contributed by atoms with Gasteiger partial charge >= 0.3 is 5.97 Å². The Kier molecular flexibility index (Phi) is 7.15. The van der Waals surface area contributed by atoms with Gasteiger partial charge in [0, 0.05) is 27.5 Å². The lowest BCUT2D eigenvalue weighted by molar-refractivity contribution is -0.138. The van der Waals surface area contributed by atoms with E-state index >= 15 is 0 Å². The van der Waals surface area contributed by atoms with Crippen LogP contribution in [-0.4, -0.2) is 21.7 Å². The van der Waals surface area contributed by atoms with Crippen molar-refractivity contribution in [2.45, 2.75) is 26.8 Å². The van der Waals surface area contributed by atoms with E-state index in [0.29, 0.717) is 20.6 Å². The summed E-state index contributed by atoms with van der Waals surface area (Å²) in [6.07, 6.45) is 1.87. The lowest BCUT2D eigenvalue weighted by atomic mass is 9.97. The van der Waals surface area contributed by atoms with Crippen LogP contribution >= 0.6 is 22.7 Å². The highest BCUT2D eigenvalue weighted by molar-refractivity contribution is 7.10. The number of ether oxygens (including phenoxy) is 1. The molecule has 1 aliphatic rings. The smallest absolute Gasteiger partial charge is 0.338 e. The minimum absolute atomic E-state index is 0.204. The maximum atomic E-state index is 14.1. The molecule has 2 aromatic carbocycles. The predicted molar refractivity (Wildman–Crippen MR) is 161 cm³/mol. The van der Waals surface area contributed by atoms with Gasteiger partial charge in [0.25, 0.3) is 5.56 Å². The van der Waals surface area contributed by atoms with Crippen molar-refractivity contribution in [2.75, 3.05) is 6.61 Å². The zero-order chi connectivity index (χ0) is 28.7. The minimum atomic E-state index is -0.672. The van der Waals surface area contributed by atoms with E-state index in [2.05, 4.69) is 0 Å².